The first-order valence-electron chi connectivity index (χ1n) is 12.3. The fourth-order valence-corrected chi connectivity index (χ4v) is 4.49. The molecule has 8 nitrogen and oxygen atoms in total. The molecule has 36 heavy (non-hydrogen) atoms. The Bertz CT molecular complexity index is 1380. The summed E-state index contributed by atoms with van der Waals surface area (Å²) in [5, 5.41) is 5.68. The highest BCUT2D eigenvalue weighted by Gasteiger charge is 2.28. The van der Waals surface area contributed by atoms with Gasteiger partial charge in [-0.2, -0.15) is 5.10 Å². The van der Waals surface area contributed by atoms with E-state index in [0.29, 0.717) is 23.9 Å². The van der Waals surface area contributed by atoms with Crippen LogP contribution in [0.5, 0.6) is 11.5 Å². The van der Waals surface area contributed by atoms with Crippen LogP contribution in [0.1, 0.15) is 32.7 Å². The van der Waals surface area contributed by atoms with E-state index in [0.717, 1.165) is 47.5 Å². The molecule has 1 aliphatic heterocycles. The molecule has 5 rings (SSSR count). The summed E-state index contributed by atoms with van der Waals surface area (Å²) in [6.45, 7) is 5.43. The largest absolute Gasteiger partial charge is 0.457 e. The van der Waals surface area contributed by atoms with Gasteiger partial charge >= 0.3 is 0 Å². The summed E-state index contributed by atoms with van der Waals surface area (Å²) >= 11 is 0. The first-order chi connectivity index (χ1) is 17.5. The van der Waals surface area contributed by atoms with Crippen molar-refractivity contribution in [2.45, 2.75) is 32.7 Å². The smallest absolute Gasteiger partial charge is 0.246 e. The standard InChI is InChI=1S/C28H30N6O2/c1-19(2)10-15-24(35)33-16-6-7-21(17-33)34-28-25(27(29)30-18-31-28)26(32-34)20-11-13-23(14-12-20)36-22-8-4-3-5-9-22/h3-5,8-15,18-19,21H,6-7,16-17H2,1-2H3,(H2,29,30,31)/b15-10+/t21-/m0/s1. The Morgan fingerprint density at radius 2 is 1.83 bits per heavy atom. The number of carbonyl (C=O) groups is 1. The number of rotatable bonds is 6. The summed E-state index contributed by atoms with van der Waals surface area (Å²) in [5.41, 5.74) is 8.60. The summed E-state index contributed by atoms with van der Waals surface area (Å²) in [7, 11) is 0. The number of nitrogen functional groups attached to an aromatic ring is 1. The monoisotopic (exact) mass is 482 g/mol. The molecule has 1 saturated heterocycles. The zero-order chi connectivity index (χ0) is 25.1. The maximum Gasteiger partial charge on any atom is 0.246 e. The lowest BCUT2D eigenvalue weighted by molar-refractivity contribution is -0.127. The third-order valence-electron chi connectivity index (χ3n) is 6.30. The maximum absolute atomic E-state index is 12.7. The van der Waals surface area contributed by atoms with Crippen molar-refractivity contribution in [1.82, 2.24) is 24.6 Å². The minimum Gasteiger partial charge on any atom is -0.457 e. The van der Waals surface area contributed by atoms with Crippen molar-refractivity contribution in [2.75, 3.05) is 18.8 Å². The van der Waals surface area contributed by atoms with Crippen LogP contribution in [0.3, 0.4) is 0 Å². The summed E-state index contributed by atoms with van der Waals surface area (Å²) in [6, 6.07) is 17.4. The number of hydrogen-bond donors (Lipinski definition) is 1. The van der Waals surface area contributed by atoms with Crippen LogP contribution < -0.4 is 10.5 Å². The van der Waals surface area contributed by atoms with Crippen molar-refractivity contribution in [1.29, 1.82) is 0 Å². The number of allylic oxidation sites excluding steroid dienone is 1. The van der Waals surface area contributed by atoms with Crippen LogP contribution in [-0.4, -0.2) is 43.6 Å². The van der Waals surface area contributed by atoms with Crippen molar-refractivity contribution >= 4 is 22.8 Å². The number of carbonyl (C=O) groups excluding carboxylic acids is 1. The van der Waals surface area contributed by atoms with Crippen LogP contribution in [0.15, 0.2) is 73.1 Å². The molecule has 1 amide bonds. The van der Waals surface area contributed by atoms with Gasteiger partial charge < -0.3 is 15.4 Å². The molecule has 1 aliphatic rings. The van der Waals surface area contributed by atoms with Crippen LogP contribution in [0, 0.1) is 5.92 Å². The number of nitrogens with zero attached hydrogens (tertiary/aromatic N) is 5. The van der Waals surface area contributed by atoms with Crippen LogP contribution in [0.25, 0.3) is 22.3 Å². The average Bonchev–Trinajstić information content (AvgIpc) is 3.29. The molecule has 2 N–H and O–H groups in total. The molecule has 184 valence electrons. The third-order valence-corrected chi connectivity index (χ3v) is 6.30. The second-order valence-electron chi connectivity index (χ2n) is 9.37. The minimum atomic E-state index is 0.00128. The molecular formula is C28H30N6O2. The molecule has 2 aromatic heterocycles. The zero-order valence-electron chi connectivity index (χ0n) is 20.5. The van der Waals surface area contributed by atoms with Gasteiger partial charge in [-0.15, -0.1) is 0 Å². The molecule has 4 aromatic rings. The fraction of sp³-hybridized carbons (Fsp3) is 0.286. The number of hydrogen-bond acceptors (Lipinski definition) is 6. The third kappa shape index (κ3) is 4.93. The average molecular weight is 483 g/mol. The number of anilines is 1. The minimum absolute atomic E-state index is 0.00128. The Morgan fingerprint density at radius 1 is 1.08 bits per heavy atom. The first-order valence-corrected chi connectivity index (χ1v) is 12.3. The lowest BCUT2D eigenvalue weighted by atomic mass is 10.1. The van der Waals surface area contributed by atoms with Gasteiger partial charge in [0.2, 0.25) is 5.91 Å². The molecule has 2 aromatic carbocycles. The molecular weight excluding hydrogens is 452 g/mol. The number of amides is 1. The number of benzene rings is 2. The van der Waals surface area contributed by atoms with E-state index in [1.165, 1.54) is 6.33 Å². The maximum atomic E-state index is 12.7. The van der Waals surface area contributed by atoms with E-state index in [1.807, 2.05) is 70.3 Å². The summed E-state index contributed by atoms with van der Waals surface area (Å²) < 4.78 is 7.85. The van der Waals surface area contributed by atoms with Crippen molar-refractivity contribution in [3.63, 3.8) is 0 Å². The van der Waals surface area contributed by atoms with Gasteiger partial charge in [0.25, 0.3) is 0 Å². The van der Waals surface area contributed by atoms with E-state index in [9.17, 15) is 4.79 Å². The van der Waals surface area contributed by atoms with Crippen molar-refractivity contribution in [2.24, 2.45) is 5.92 Å². The lowest BCUT2D eigenvalue weighted by Crippen LogP contribution is -2.40. The fourth-order valence-electron chi connectivity index (χ4n) is 4.49. The van der Waals surface area contributed by atoms with Crippen LogP contribution in [-0.2, 0) is 4.79 Å². The number of fused-ring (bicyclic) bond motifs is 1. The van der Waals surface area contributed by atoms with Gasteiger partial charge in [-0.25, -0.2) is 14.6 Å². The van der Waals surface area contributed by atoms with Gasteiger partial charge in [0.1, 0.15) is 29.3 Å². The Kier molecular flexibility index (Phi) is 6.66. The van der Waals surface area contributed by atoms with Crippen LogP contribution >= 0.6 is 0 Å². The highest BCUT2D eigenvalue weighted by molar-refractivity contribution is 5.98. The van der Waals surface area contributed by atoms with E-state index in [-0.39, 0.29) is 11.9 Å². The summed E-state index contributed by atoms with van der Waals surface area (Å²) in [4.78, 5) is 23.4. The second-order valence-corrected chi connectivity index (χ2v) is 9.37. The van der Waals surface area contributed by atoms with Gasteiger partial charge in [-0.05, 0) is 61.2 Å². The molecule has 8 heteroatoms. The van der Waals surface area contributed by atoms with E-state index >= 15 is 0 Å². The zero-order valence-corrected chi connectivity index (χ0v) is 20.5. The molecule has 0 radical (unpaired) electrons. The topological polar surface area (TPSA) is 99.2 Å². The van der Waals surface area contributed by atoms with E-state index < -0.39 is 0 Å². The highest BCUT2D eigenvalue weighted by atomic mass is 16.5. The molecule has 0 aliphatic carbocycles. The molecule has 1 fully saturated rings. The van der Waals surface area contributed by atoms with Crippen molar-refractivity contribution in [3.8, 4) is 22.8 Å². The van der Waals surface area contributed by atoms with Crippen molar-refractivity contribution < 1.29 is 9.53 Å². The van der Waals surface area contributed by atoms with Gasteiger partial charge in [-0.1, -0.05) is 38.1 Å². The Morgan fingerprint density at radius 3 is 2.58 bits per heavy atom. The Balaban J connectivity index is 1.45. The van der Waals surface area contributed by atoms with Crippen LogP contribution in [0.4, 0.5) is 5.82 Å². The normalized spacial score (nSPS) is 16.2. The number of piperidine rings is 1. The number of para-hydroxylation sites is 1. The van der Waals surface area contributed by atoms with E-state index in [1.54, 1.807) is 6.08 Å². The molecule has 0 spiro atoms. The summed E-state index contributed by atoms with van der Waals surface area (Å²) in [6.07, 6.45) is 6.88. The quantitative estimate of drug-likeness (QED) is 0.377. The SMILES string of the molecule is CC(C)/C=C/C(=O)N1CCC[C@H](n2nc(-c3ccc(Oc4ccccc4)cc3)c3c(N)ncnc32)C1. The van der Waals surface area contributed by atoms with E-state index in [2.05, 4.69) is 23.8 Å². The number of likely N-dealkylation sites (tertiary alicyclic amines) is 1. The van der Waals surface area contributed by atoms with Gasteiger partial charge in [0.05, 0.1) is 11.4 Å². The Hall–Kier alpha value is -4.20. The van der Waals surface area contributed by atoms with Gasteiger partial charge in [0, 0.05) is 18.7 Å². The molecule has 3 heterocycles. The highest BCUT2D eigenvalue weighted by Crippen LogP contribution is 2.34. The number of aromatic nitrogens is 4. The van der Waals surface area contributed by atoms with Gasteiger partial charge in [0.15, 0.2) is 5.65 Å². The first kappa shape index (κ1) is 23.5. The Labute approximate surface area is 210 Å². The van der Waals surface area contributed by atoms with Crippen LogP contribution in [0.2, 0.25) is 0 Å². The number of ether oxygens (including phenoxy) is 1. The predicted molar refractivity (Wildman–Crippen MR) is 141 cm³/mol. The van der Waals surface area contributed by atoms with Crippen molar-refractivity contribution in [3.05, 3.63) is 73.1 Å². The predicted octanol–water partition coefficient (Wildman–Crippen LogP) is 5.24. The van der Waals surface area contributed by atoms with E-state index in [4.69, 9.17) is 15.6 Å². The summed E-state index contributed by atoms with van der Waals surface area (Å²) in [5.74, 6) is 2.25. The number of nitrogens with two attached hydrogens (primary N) is 1. The molecule has 1 atom stereocenters. The molecule has 0 unspecified atom stereocenters. The van der Waals surface area contributed by atoms with Gasteiger partial charge in [-0.3, -0.25) is 4.79 Å². The second kappa shape index (κ2) is 10.2. The molecule has 0 saturated carbocycles. The lowest BCUT2D eigenvalue weighted by Gasteiger charge is -2.32. The molecule has 0 bridgehead atoms.